The quantitative estimate of drug-likeness (QED) is 0.824. The van der Waals surface area contributed by atoms with E-state index >= 15 is 0 Å². The molecule has 1 rings (SSSR count). The number of hydrogen-bond acceptors (Lipinski definition) is 2. The van der Waals surface area contributed by atoms with Gasteiger partial charge in [-0.2, -0.15) is 0 Å². The zero-order chi connectivity index (χ0) is 14.6. The zero-order valence-corrected chi connectivity index (χ0v) is 12.5. The van der Waals surface area contributed by atoms with Gasteiger partial charge in [-0.25, -0.2) is 4.79 Å². The third-order valence-corrected chi connectivity index (χ3v) is 4.35. The van der Waals surface area contributed by atoms with E-state index in [2.05, 4.69) is 26.1 Å². The normalized spacial score (nSPS) is 25.7. The molecule has 2 N–H and O–H groups in total. The average Bonchev–Trinajstić information content (AvgIpc) is 2.34. The van der Waals surface area contributed by atoms with Crippen molar-refractivity contribution in [1.82, 2.24) is 5.32 Å². The maximum absolute atomic E-state index is 12.1. The van der Waals surface area contributed by atoms with Crippen LogP contribution in [0.5, 0.6) is 0 Å². The summed E-state index contributed by atoms with van der Waals surface area (Å²) in [6.07, 6.45) is 4.31. The predicted molar refractivity (Wildman–Crippen MR) is 74.8 cm³/mol. The second kappa shape index (κ2) is 6.40. The molecule has 1 fully saturated rings. The molecule has 19 heavy (non-hydrogen) atoms. The Hall–Kier alpha value is -1.06. The van der Waals surface area contributed by atoms with Gasteiger partial charge in [-0.05, 0) is 43.4 Å². The fraction of sp³-hybridized carbons (Fsp3) is 0.867. The standard InChI is InChI=1S/C15H27NO3/c1-5-12(14(18)19)16-13(17)10-6-8-11(9-7-10)15(2,3)4/h10-12H,5-9H2,1-4H3,(H,16,17)(H,18,19)/t10?,11?,12-/m0/s1. The van der Waals surface area contributed by atoms with Gasteiger partial charge < -0.3 is 10.4 Å². The van der Waals surface area contributed by atoms with Crippen LogP contribution in [0.4, 0.5) is 0 Å². The summed E-state index contributed by atoms with van der Waals surface area (Å²) in [5.74, 6) is -0.370. The second-order valence-electron chi connectivity index (χ2n) is 6.72. The van der Waals surface area contributed by atoms with Gasteiger partial charge in [-0.15, -0.1) is 0 Å². The van der Waals surface area contributed by atoms with Gasteiger partial charge in [0, 0.05) is 5.92 Å². The van der Waals surface area contributed by atoms with Gasteiger partial charge in [0.25, 0.3) is 0 Å². The Labute approximate surface area is 116 Å². The predicted octanol–water partition coefficient (Wildman–Crippen LogP) is 2.82. The third-order valence-electron chi connectivity index (χ3n) is 4.35. The molecule has 0 aromatic rings. The highest BCUT2D eigenvalue weighted by Crippen LogP contribution is 2.39. The maximum atomic E-state index is 12.1. The zero-order valence-electron chi connectivity index (χ0n) is 12.5. The first-order chi connectivity index (χ1) is 8.75. The van der Waals surface area contributed by atoms with Crippen molar-refractivity contribution in [2.24, 2.45) is 17.3 Å². The molecule has 4 nitrogen and oxygen atoms in total. The molecule has 0 heterocycles. The van der Waals surface area contributed by atoms with Crippen molar-refractivity contribution in [2.75, 3.05) is 0 Å². The van der Waals surface area contributed by atoms with E-state index in [1.807, 2.05) is 0 Å². The molecule has 1 aliphatic rings. The summed E-state index contributed by atoms with van der Waals surface area (Å²) in [5.41, 5.74) is 0.300. The first kappa shape index (κ1) is 16.0. The van der Waals surface area contributed by atoms with E-state index in [0.29, 0.717) is 17.8 Å². The first-order valence-electron chi connectivity index (χ1n) is 7.28. The second-order valence-corrected chi connectivity index (χ2v) is 6.72. The molecule has 4 heteroatoms. The lowest BCUT2D eigenvalue weighted by atomic mass is 9.69. The summed E-state index contributed by atoms with van der Waals surface area (Å²) < 4.78 is 0. The molecule has 1 amide bonds. The number of rotatable bonds is 4. The molecule has 110 valence electrons. The molecule has 0 aliphatic heterocycles. The van der Waals surface area contributed by atoms with Crippen LogP contribution < -0.4 is 5.32 Å². The molecule has 1 aliphatic carbocycles. The topological polar surface area (TPSA) is 66.4 Å². The number of aliphatic carboxylic acids is 1. The molecule has 0 saturated heterocycles. The summed E-state index contributed by atoms with van der Waals surface area (Å²) in [7, 11) is 0. The fourth-order valence-electron chi connectivity index (χ4n) is 2.85. The number of hydrogen-bond donors (Lipinski definition) is 2. The van der Waals surface area contributed by atoms with E-state index in [1.54, 1.807) is 6.92 Å². The van der Waals surface area contributed by atoms with Gasteiger partial charge in [-0.1, -0.05) is 27.7 Å². The summed E-state index contributed by atoms with van der Waals surface area (Å²) in [4.78, 5) is 23.0. The molecular formula is C15H27NO3. The van der Waals surface area contributed by atoms with E-state index in [9.17, 15) is 9.59 Å². The summed E-state index contributed by atoms with van der Waals surface area (Å²) in [6.45, 7) is 8.51. The van der Waals surface area contributed by atoms with Crippen molar-refractivity contribution in [2.45, 2.75) is 65.8 Å². The van der Waals surface area contributed by atoms with Crippen molar-refractivity contribution >= 4 is 11.9 Å². The first-order valence-corrected chi connectivity index (χ1v) is 7.28. The van der Waals surface area contributed by atoms with Gasteiger partial charge in [0.1, 0.15) is 6.04 Å². The largest absolute Gasteiger partial charge is 0.480 e. The van der Waals surface area contributed by atoms with Crippen molar-refractivity contribution in [3.63, 3.8) is 0 Å². The van der Waals surface area contributed by atoms with Crippen LogP contribution in [-0.2, 0) is 9.59 Å². The van der Waals surface area contributed by atoms with Gasteiger partial charge in [0.2, 0.25) is 5.91 Å². The minimum Gasteiger partial charge on any atom is -0.480 e. The van der Waals surface area contributed by atoms with Crippen LogP contribution in [0.3, 0.4) is 0 Å². The van der Waals surface area contributed by atoms with E-state index in [1.165, 1.54) is 0 Å². The molecule has 1 atom stereocenters. The Bertz CT molecular complexity index is 325. The van der Waals surface area contributed by atoms with Crippen LogP contribution in [0.15, 0.2) is 0 Å². The number of nitrogens with one attached hydrogen (secondary N) is 1. The third kappa shape index (κ3) is 4.51. The summed E-state index contributed by atoms with van der Waals surface area (Å²) in [6, 6.07) is -0.743. The minimum atomic E-state index is -0.945. The van der Waals surface area contributed by atoms with Crippen LogP contribution >= 0.6 is 0 Å². The van der Waals surface area contributed by atoms with Crippen LogP contribution in [0.2, 0.25) is 0 Å². The Morgan fingerprint density at radius 3 is 2.11 bits per heavy atom. The molecule has 0 unspecified atom stereocenters. The van der Waals surface area contributed by atoms with Crippen LogP contribution in [-0.4, -0.2) is 23.0 Å². The highest BCUT2D eigenvalue weighted by molar-refractivity contribution is 5.84. The molecule has 0 bridgehead atoms. The van der Waals surface area contributed by atoms with Crippen molar-refractivity contribution < 1.29 is 14.7 Å². The highest BCUT2D eigenvalue weighted by atomic mass is 16.4. The smallest absolute Gasteiger partial charge is 0.326 e. The monoisotopic (exact) mass is 269 g/mol. The van der Waals surface area contributed by atoms with Gasteiger partial charge in [0.05, 0.1) is 0 Å². The lowest BCUT2D eigenvalue weighted by Gasteiger charge is -2.36. The van der Waals surface area contributed by atoms with E-state index < -0.39 is 12.0 Å². The van der Waals surface area contributed by atoms with E-state index in [-0.39, 0.29) is 11.8 Å². The molecule has 0 aromatic heterocycles. The Kier molecular flexibility index (Phi) is 5.39. The lowest BCUT2D eigenvalue weighted by molar-refractivity contribution is -0.142. The van der Waals surface area contributed by atoms with Gasteiger partial charge in [-0.3, -0.25) is 4.79 Å². The Morgan fingerprint density at radius 2 is 1.74 bits per heavy atom. The van der Waals surface area contributed by atoms with Crippen LogP contribution in [0.1, 0.15) is 59.8 Å². The fourth-order valence-corrected chi connectivity index (χ4v) is 2.85. The van der Waals surface area contributed by atoms with Gasteiger partial charge in [0.15, 0.2) is 0 Å². The molecule has 0 radical (unpaired) electrons. The minimum absolute atomic E-state index is 0.00741. The van der Waals surface area contributed by atoms with Crippen LogP contribution in [0.25, 0.3) is 0 Å². The number of carbonyl (C=O) groups excluding carboxylic acids is 1. The molecule has 1 saturated carbocycles. The summed E-state index contributed by atoms with van der Waals surface area (Å²) >= 11 is 0. The number of carboxylic acids is 1. The Morgan fingerprint density at radius 1 is 1.21 bits per heavy atom. The number of carboxylic acid groups (broad SMARTS) is 1. The highest BCUT2D eigenvalue weighted by Gasteiger charge is 2.33. The molecule has 0 spiro atoms. The summed E-state index contributed by atoms with van der Waals surface area (Å²) in [5, 5.41) is 11.6. The number of carbonyl (C=O) groups is 2. The number of amides is 1. The van der Waals surface area contributed by atoms with E-state index in [4.69, 9.17) is 5.11 Å². The SMILES string of the molecule is CC[C@H](NC(=O)C1CCC(C(C)(C)C)CC1)C(=O)O. The lowest BCUT2D eigenvalue weighted by Crippen LogP contribution is -2.44. The van der Waals surface area contributed by atoms with E-state index in [0.717, 1.165) is 25.7 Å². The van der Waals surface area contributed by atoms with Crippen LogP contribution in [0, 0.1) is 17.3 Å². The van der Waals surface area contributed by atoms with Crippen molar-refractivity contribution in [1.29, 1.82) is 0 Å². The van der Waals surface area contributed by atoms with Crippen molar-refractivity contribution in [3.8, 4) is 0 Å². The molecular weight excluding hydrogens is 242 g/mol. The average molecular weight is 269 g/mol. The Balaban J connectivity index is 2.47. The van der Waals surface area contributed by atoms with Gasteiger partial charge >= 0.3 is 5.97 Å². The molecule has 0 aromatic carbocycles. The van der Waals surface area contributed by atoms with Crippen molar-refractivity contribution in [3.05, 3.63) is 0 Å². The maximum Gasteiger partial charge on any atom is 0.326 e.